The molecule has 17 heavy (non-hydrogen) atoms. The Morgan fingerprint density at radius 2 is 2.18 bits per heavy atom. The highest BCUT2D eigenvalue weighted by Gasteiger charge is 2.05. The van der Waals surface area contributed by atoms with Crippen LogP contribution in [-0.2, 0) is 6.61 Å². The highest BCUT2D eigenvalue weighted by Crippen LogP contribution is 2.21. The lowest BCUT2D eigenvalue weighted by atomic mass is 10.2. The van der Waals surface area contributed by atoms with Crippen LogP contribution in [0.2, 0.25) is 5.15 Å². The molecular weight excluding hydrogens is 241 g/mol. The Labute approximate surface area is 104 Å². The number of rotatable bonds is 3. The van der Waals surface area contributed by atoms with Crippen LogP contribution in [0.5, 0.6) is 5.75 Å². The molecule has 1 aromatic carbocycles. The lowest BCUT2D eigenvalue weighted by Gasteiger charge is -2.08. The quantitative estimate of drug-likeness (QED) is 0.775. The topological polar surface area (TPSA) is 22.1 Å². The highest BCUT2D eigenvalue weighted by atomic mass is 35.5. The van der Waals surface area contributed by atoms with Crippen molar-refractivity contribution in [1.82, 2.24) is 4.98 Å². The van der Waals surface area contributed by atoms with Gasteiger partial charge in [0.2, 0.25) is 0 Å². The number of halogens is 2. The zero-order chi connectivity index (χ0) is 12.3. The fraction of sp³-hybridized carbons (Fsp3) is 0.154. The van der Waals surface area contributed by atoms with E-state index in [1.807, 2.05) is 0 Å². The number of pyridine rings is 1. The minimum atomic E-state index is -0.326. The molecule has 2 nitrogen and oxygen atoms in total. The van der Waals surface area contributed by atoms with Crippen molar-refractivity contribution in [2.75, 3.05) is 0 Å². The van der Waals surface area contributed by atoms with E-state index < -0.39 is 0 Å². The summed E-state index contributed by atoms with van der Waals surface area (Å²) in [6.45, 7) is 1.97. The van der Waals surface area contributed by atoms with Gasteiger partial charge >= 0.3 is 0 Å². The molecule has 0 aliphatic heterocycles. The Morgan fingerprint density at radius 1 is 1.35 bits per heavy atom. The minimum absolute atomic E-state index is 0.248. The molecule has 0 fully saturated rings. The molecule has 88 valence electrons. The second kappa shape index (κ2) is 5.15. The van der Waals surface area contributed by atoms with E-state index in [0.717, 1.165) is 5.56 Å². The Hall–Kier alpha value is -1.61. The number of hydrogen-bond acceptors (Lipinski definition) is 2. The number of ether oxygens (including phenoxy) is 1. The van der Waals surface area contributed by atoms with E-state index in [9.17, 15) is 4.39 Å². The van der Waals surface area contributed by atoms with Gasteiger partial charge in [-0.15, -0.1) is 0 Å². The van der Waals surface area contributed by atoms with E-state index in [4.69, 9.17) is 16.3 Å². The molecule has 0 atom stereocenters. The molecule has 0 bridgehead atoms. The third-order valence-electron chi connectivity index (χ3n) is 2.34. The van der Waals surface area contributed by atoms with E-state index in [1.54, 1.807) is 43.5 Å². The van der Waals surface area contributed by atoms with Crippen molar-refractivity contribution in [3.05, 3.63) is 58.6 Å². The van der Waals surface area contributed by atoms with Crippen molar-refractivity contribution < 1.29 is 9.13 Å². The van der Waals surface area contributed by atoms with Gasteiger partial charge in [-0.3, -0.25) is 0 Å². The van der Waals surface area contributed by atoms with Crippen LogP contribution in [0, 0.1) is 12.7 Å². The molecule has 1 heterocycles. The third-order valence-corrected chi connectivity index (χ3v) is 2.55. The lowest BCUT2D eigenvalue weighted by Crippen LogP contribution is -1.98. The van der Waals surface area contributed by atoms with E-state index in [-0.39, 0.29) is 18.2 Å². The van der Waals surface area contributed by atoms with Crippen LogP contribution in [0.3, 0.4) is 0 Å². The van der Waals surface area contributed by atoms with E-state index in [2.05, 4.69) is 4.98 Å². The molecule has 0 aliphatic carbocycles. The first-order valence-corrected chi connectivity index (χ1v) is 5.53. The molecule has 0 radical (unpaired) electrons. The Bertz CT molecular complexity index is 531. The van der Waals surface area contributed by atoms with Gasteiger partial charge in [-0.05, 0) is 36.2 Å². The van der Waals surface area contributed by atoms with Gasteiger partial charge in [0.05, 0.1) is 0 Å². The first kappa shape index (κ1) is 11.9. The van der Waals surface area contributed by atoms with Crippen LogP contribution in [-0.4, -0.2) is 4.98 Å². The maximum atomic E-state index is 13.6. The Balaban J connectivity index is 2.10. The summed E-state index contributed by atoms with van der Waals surface area (Å²) < 4.78 is 19.0. The van der Waals surface area contributed by atoms with Crippen LogP contribution in [0.15, 0.2) is 36.5 Å². The van der Waals surface area contributed by atoms with Gasteiger partial charge < -0.3 is 4.74 Å². The number of benzene rings is 1. The standard InChI is InChI=1S/C13H11ClFNO/c1-9-3-2-4-11(13(9)15)17-8-10-5-6-16-12(14)7-10/h2-7H,8H2,1H3. The van der Waals surface area contributed by atoms with Gasteiger partial charge in [0.1, 0.15) is 11.8 Å². The van der Waals surface area contributed by atoms with E-state index in [0.29, 0.717) is 10.7 Å². The predicted octanol–water partition coefficient (Wildman–Crippen LogP) is 3.76. The second-order valence-corrected chi connectivity index (χ2v) is 4.05. The summed E-state index contributed by atoms with van der Waals surface area (Å²) >= 11 is 5.74. The van der Waals surface area contributed by atoms with Crippen LogP contribution >= 0.6 is 11.6 Å². The monoisotopic (exact) mass is 251 g/mol. The molecular formula is C13H11ClFNO. The zero-order valence-corrected chi connectivity index (χ0v) is 10.0. The summed E-state index contributed by atoms with van der Waals surface area (Å²) in [5.74, 6) is -0.0782. The smallest absolute Gasteiger partial charge is 0.167 e. The number of hydrogen-bond donors (Lipinski definition) is 0. The third kappa shape index (κ3) is 2.94. The molecule has 0 saturated heterocycles. The van der Waals surface area contributed by atoms with Gasteiger partial charge in [0.25, 0.3) is 0 Å². The van der Waals surface area contributed by atoms with Crippen molar-refractivity contribution in [1.29, 1.82) is 0 Å². The second-order valence-electron chi connectivity index (χ2n) is 3.66. The van der Waals surface area contributed by atoms with Crippen LogP contribution < -0.4 is 4.74 Å². The molecule has 0 N–H and O–H groups in total. The first-order valence-electron chi connectivity index (χ1n) is 5.15. The van der Waals surface area contributed by atoms with Crippen molar-refractivity contribution >= 4 is 11.6 Å². The Morgan fingerprint density at radius 3 is 2.94 bits per heavy atom. The number of nitrogens with zero attached hydrogens (tertiary/aromatic N) is 1. The normalized spacial score (nSPS) is 10.3. The van der Waals surface area contributed by atoms with Gasteiger partial charge in [0, 0.05) is 6.20 Å². The molecule has 0 amide bonds. The zero-order valence-electron chi connectivity index (χ0n) is 9.28. The van der Waals surface area contributed by atoms with E-state index in [1.165, 1.54) is 0 Å². The fourth-order valence-electron chi connectivity index (χ4n) is 1.43. The molecule has 0 saturated carbocycles. The summed E-state index contributed by atoms with van der Waals surface area (Å²) in [5, 5.41) is 0.399. The molecule has 0 spiro atoms. The van der Waals surface area contributed by atoms with Crippen molar-refractivity contribution in [2.45, 2.75) is 13.5 Å². The summed E-state index contributed by atoms with van der Waals surface area (Å²) in [6, 6.07) is 8.53. The van der Waals surface area contributed by atoms with E-state index >= 15 is 0 Å². The van der Waals surface area contributed by atoms with Crippen molar-refractivity contribution in [3.63, 3.8) is 0 Å². The maximum Gasteiger partial charge on any atom is 0.167 e. The summed E-state index contributed by atoms with van der Waals surface area (Å²) in [6.07, 6.45) is 1.59. The molecule has 0 unspecified atom stereocenters. The lowest BCUT2D eigenvalue weighted by molar-refractivity contribution is 0.289. The summed E-state index contributed by atoms with van der Waals surface area (Å²) in [7, 11) is 0. The summed E-state index contributed by atoms with van der Waals surface area (Å²) in [4.78, 5) is 3.86. The van der Waals surface area contributed by atoms with Crippen molar-refractivity contribution in [2.24, 2.45) is 0 Å². The molecule has 2 aromatic rings. The first-order chi connectivity index (χ1) is 8.16. The number of aryl methyl sites for hydroxylation is 1. The van der Waals surface area contributed by atoms with Crippen LogP contribution in [0.25, 0.3) is 0 Å². The van der Waals surface area contributed by atoms with Gasteiger partial charge in [-0.2, -0.15) is 0 Å². The minimum Gasteiger partial charge on any atom is -0.486 e. The van der Waals surface area contributed by atoms with Crippen LogP contribution in [0.1, 0.15) is 11.1 Å². The SMILES string of the molecule is Cc1cccc(OCc2ccnc(Cl)c2)c1F. The largest absolute Gasteiger partial charge is 0.486 e. The Kier molecular flexibility index (Phi) is 3.59. The molecule has 1 aromatic heterocycles. The van der Waals surface area contributed by atoms with Gasteiger partial charge in [-0.1, -0.05) is 23.7 Å². The van der Waals surface area contributed by atoms with Gasteiger partial charge in [-0.25, -0.2) is 9.37 Å². The van der Waals surface area contributed by atoms with Crippen molar-refractivity contribution in [3.8, 4) is 5.75 Å². The van der Waals surface area contributed by atoms with Crippen LogP contribution in [0.4, 0.5) is 4.39 Å². The average Bonchev–Trinajstić information content (AvgIpc) is 2.31. The maximum absolute atomic E-state index is 13.6. The highest BCUT2D eigenvalue weighted by molar-refractivity contribution is 6.29. The van der Waals surface area contributed by atoms with Gasteiger partial charge in [0.15, 0.2) is 11.6 Å². The predicted molar refractivity (Wildman–Crippen MR) is 64.7 cm³/mol. The fourth-order valence-corrected chi connectivity index (χ4v) is 1.62. The molecule has 0 aliphatic rings. The molecule has 4 heteroatoms. The molecule has 2 rings (SSSR count). The number of aromatic nitrogens is 1. The summed E-state index contributed by atoms with van der Waals surface area (Å²) in [5.41, 5.74) is 1.42. The average molecular weight is 252 g/mol.